The SMILES string of the molecule is CCCCc1ccc(Nc2nc3c(c(=O)[nH]2)CSC3)cc1. The van der Waals surface area contributed by atoms with Crippen molar-refractivity contribution in [3.63, 3.8) is 0 Å². The smallest absolute Gasteiger partial charge is 0.256 e. The maximum absolute atomic E-state index is 11.9. The van der Waals surface area contributed by atoms with Crippen molar-refractivity contribution < 1.29 is 0 Å². The Hall–Kier alpha value is -1.75. The van der Waals surface area contributed by atoms with Crippen LogP contribution in [0.1, 0.15) is 36.6 Å². The predicted octanol–water partition coefficient (Wildman–Crippen LogP) is 3.60. The van der Waals surface area contributed by atoms with Crippen LogP contribution in [0.3, 0.4) is 0 Å². The summed E-state index contributed by atoms with van der Waals surface area (Å²) < 4.78 is 0. The second-order valence-electron chi connectivity index (χ2n) is 5.26. The number of H-pyrrole nitrogens is 1. The Balaban J connectivity index is 1.75. The van der Waals surface area contributed by atoms with Gasteiger partial charge in [-0.1, -0.05) is 25.5 Å². The fraction of sp³-hybridized carbons (Fsp3) is 0.375. The van der Waals surface area contributed by atoms with E-state index in [4.69, 9.17) is 0 Å². The minimum absolute atomic E-state index is 0.0212. The molecule has 1 aromatic carbocycles. The van der Waals surface area contributed by atoms with E-state index < -0.39 is 0 Å². The maximum atomic E-state index is 11.9. The molecule has 1 aliphatic rings. The highest BCUT2D eigenvalue weighted by molar-refractivity contribution is 7.98. The van der Waals surface area contributed by atoms with Gasteiger partial charge in [0.25, 0.3) is 5.56 Å². The number of nitrogens with one attached hydrogen (secondary N) is 2. The number of aryl methyl sites for hydroxylation is 1. The van der Waals surface area contributed by atoms with Gasteiger partial charge in [-0.05, 0) is 30.5 Å². The highest BCUT2D eigenvalue weighted by Gasteiger charge is 2.17. The summed E-state index contributed by atoms with van der Waals surface area (Å²) >= 11 is 1.73. The molecule has 0 fully saturated rings. The highest BCUT2D eigenvalue weighted by Crippen LogP contribution is 2.26. The van der Waals surface area contributed by atoms with E-state index >= 15 is 0 Å². The van der Waals surface area contributed by atoms with Gasteiger partial charge < -0.3 is 5.32 Å². The van der Waals surface area contributed by atoms with Crippen LogP contribution >= 0.6 is 11.8 Å². The topological polar surface area (TPSA) is 57.8 Å². The van der Waals surface area contributed by atoms with E-state index in [1.165, 1.54) is 18.4 Å². The zero-order valence-corrected chi connectivity index (χ0v) is 12.9. The second kappa shape index (κ2) is 6.35. The minimum Gasteiger partial charge on any atom is -0.326 e. The van der Waals surface area contributed by atoms with Crippen molar-refractivity contribution in [1.29, 1.82) is 0 Å². The second-order valence-corrected chi connectivity index (χ2v) is 6.24. The van der Waals surface area contributed by atoms with E-state index in [1.807, 2.05) is 12.1 Å². The summed E-state index contributed by atoms with van der Waals surface area (Å²) in [6, 6.07) is 8.32. The van der Waals surface area contributed by atoms with Crippen molar-refractivity contribution in [1.82, 2.24) is 9.97 Å². The van der Waals surface area contributed by atoms with Crippen LogP contribution in [0.2, 0.25) is 0 Å². The largest absolute Gasteiger partial charge is 0.326 e. The Morgan fingerprint density at radius 1 is 1.29 bits per heavy atom. The van der Waals surface area contributed by atoms with Crippen molar-refractivity contribution in [2.24, 2.45) is 0 Å². The lowest BCUT2D eigenvalue weighted by atomic mass is 10.1. The average Bonchev–Trinajstić information content (AvgIpc) is 2.95. The molecule has 0 atom stereocenters. The molecule has 5 heteroatoms. The molecular weight excluding hydrogens is 282 g/mol. The van der Waals surface area contributed by atoms with E-state index in [0.29, 0.717) is 5.95 Å². The lowest BCUT2D eigenvalue weighted by Gasteiger charge is -2.08. The van der Waals surface area contributed by atoms with Crippen molar-refractivity contribution >= 4 is 23.4 Å². The standard InChI is InChI=1S/C16H19N3OS/c1-2-3-4-11-5-7-12(8-6-11)17-16-18-14-10-21-9-13(14)15(20)19-16/h5-8H,2-4,9-10H2,1H3,(H2,17,18,19,20). The number of nitrogens with zero attached hydrogens (tertiary/aromatic N) is 1. The normalized spacial score (nSPS) is 13.2. The van der Waals surface area contributed by atoms with Gasteiger partial charge in [0.05, 0.1) is 5.69 Å². The molecule has 1 aromatic heterocycles. The monoisotopic (exact) mass is 301 g/mol. The first kappa shape index (κ1) is 14.2. The molecule has 0 saturated carbocycles. The third-order valence-corrected chi connectivity index (χ3v) is 4.59. The molecule has 0 saturated heterocycles. The van der Waals surface area contributed by atoms with E-state index in [-0.39, 0.29) is 5.56 Å². The van der Waals surface area contributed by atoms with Gasteiger partial charge in [0.1, 0.15) is 0 Å². The predicted molar refractivity (Wildman–Crippen MR) is 88.2 cm³/mol. The van der Waals surface area contributed by atoms with E-state index in [2.05, 4.69) is 34.3 Å². The molecule has 2 N–H and O–H groups in total. The zero-order valence-electron chi connectivity index (χ0n) is 12.1. The minimum atomic E-state index is -0.0212. The fourth-order valence-corrected chi connectivity index (χ4v) is 3.43. The number of aromatic amines is 1. The lowest BCUT2D eigenvalue weighted by Crippen LogP contribution is -2.16. The van der Waals surface area contributed by atoms with Crippen LogP contribution in [0.15, 0.2) is 29.1 Å². The van der Waals surface area contributed by atoms with Gasteiger partial charge in [-0.3, -0.25) is 9.78 Å². The number of hydrogen-bond acceptors (Lipinski definition) is 4. The van der Waals surface area contributed by atoms with Crippen LogP contribution in [-0.2, 0) is 17.9 Å². The molecule has 4 nitrogen and oxygen atoms in total. The Bertz CT molecular complexity index is 679. The summed E-state index contributed by atoms with van der Waals surface area (Å²) in [6.45, 7) is 2.20. The van der Waals surface area contributed by atoms with Gasteiger partial charge in [0, 0.05) is 22.8 Å². The Morgan fingerprint density at radius 3 is 2.86 bits per heavy atom. The summed E-state index contributed by atoms with van der Waals surface area (Å²) in [7, 11) is 0. The Labute approximate surface area is 128 Å². The molecule has 2 aromatic rings. The molecule has 0 aliphatic carbocycles. The number of unbranched alkanes of at least 4 members (excludes halogenated alkanes) is 1. The first-order valence-electron chi connectivity index (χ1n) is 7.32. The van der Waals surface area contributed by atoms with Gasteiger partial charge in [0.15, 0.2) is 0 Å². The number of aromatic nitrogens is 2. The van der Waals surface area contributed by atoms with E-state index in [9.17, 15) is 4.79 Å². The third kappa shape index (κ3) is 3.29. The molecule has 110 valence electrons. The molecule has 1 aliphatic heterocycles. The number of hydrogen-bond donors (Lipinski definition) is 2. The van der Waals surface area contributed by atoms with Crippen molar-refractivity contribution in [2.45, 2.75) is 37.7 Å². The first-order valence-corrected chi connectivity index (χ1v) is 8.47. The zero-order chi connectivity index (χ0) is 14.7. The molecule has 0 radical (unpaired) electrons. The van der Waals surface area contributed by atoms with Gasteiger partial charge in [-0.25, -0.2) is 4.98 Å². The highest BCUT2D eigenvalue weighted by atomic mass is 32.2. The maximum Gasteiger partial charge on any atom is 0.256 e. The molecule has 0 bridgehead atoms. The quantitative estimate of drug-likeness (QED) is 0.886. The molecule has 2 heterocycles. The van der Waals surface area contributed by atoms with Crippen LogP contribution in [0.4, 0.5) is 11.6 Å². The van der Waals surface area contributed by atoms with Crippen LogP contribution in [0.25, 0.3) is 0 Å². The fourth-order valence-electron chi connectivity index (χ4n) is 2.39. The molecular formula is C16H19N3OS. The average molecular weight is 301 g/mol. The first-order chi connectivity index (χ1) is 10.3. The van der Waals surface area contributed by atoms with Gasteiger partial charge in [0.2, 0.25) is 5.95 Å². The summed E-state index contributed by atoms with van der Waals surface area (Å²) in [6.07, 6.45) is 3.53. The number of anilines is 2. The number of benzene rings is 1. The van der Waals surface area contributed by atoms with E-state index in [1.54, 1.807) is 11.8 Å². The molecule has 0 amide bonds. The number of fused-ring (bicyclic) bond motifs is 1. The van der Waals surface area contributed by atoms with Crippen LogP contribution < -0.4 is 10.9 Å². The van der Waals surface area contributed by atoms with Crippen LogP contribution in [0, 0.1) is 0 Å². The van der Waals surface area contributed by atoms with E-state index in [0.717, 1.165) is 34.9 Å². The molecule has 21 heavy (non-hydrogen) atoms. The van der Waals surface area contributed by atoms with Crippen LogP contribution in [0.5, 0.6) is 0 Å². The summed E-state index contributed by atoms with van der Waals surface area (Å²) in [5.74, 6) is 2.12. The Kier molecular flexibility index (Phi) is 4.29. The molecule has 0 spiro atoms. The van der Waals surface area contributed by atoms with Crippen molar-refractivity contribution in [3.05, 3.63) is 51.4 Å². The van der Waals surface area contributed by atoms with Gasteiger partial charge in [-0.2, -0.15) is 11.8 Å². The van der Waals surface area contributed by atoms with Crippen molar-refractivity contribution in [2.75, 3.05) is 5.32 Å². The lowest BCUT2D eigenvalue weighted by molar-refractivity contribution is 0.795. The summed E-state index contributed by atoms with van der Waals surface area (Å²) in [5.41, 5.74) is 4.00. The molecule has 3 rings (SSSR count). The number of rotatable bonds is 5. The van der Waals surface area contributed by atoms with Gasteiger partial charge in [-0.15, -0.1) is 0 Å². The van der Waals surface area contributed by atoms with Gasteiger partial charge >= 0.3 is 0 Å². The third-order valence-electron chi connectivity index (χ3n) is 3.62. The number of thioether (sulfide) groups is 1. The van der Waals surface area contributed by atoms with Crippen molar-refractivity contribution in [3.8, 4) is 0 Å². The van der Waals surface area contributed by atoms with Crippen LogP contribution in [-0.4, -0.2) is 9.97 Å². The molecule has 0 unspecified atom stereocenters. The summed E-state index contributed by atoms with van der Waals surface area (Å²) in [5, 5.41) is 3.18. The summed E-state index contributed by atoms with van der Waals surface area (Å²) in [4.78, 5) is 19.3. The Morgan fingerprint density at radius 2 is 2.10 bits per heavy atom.